The Labute approximate surface area is 138 Å². The molecule has 24 heavy (non-hydrogen) atoms. The van der Waals surface area contributed by atoms with Crippen LogP contribution < -0.4 is 20.3 Å². The van der Waals surface area contributed by atoms with Crippen molar-refractivity contribution < 1.29 is 19.1 Å². The third kappa shape index (κ3) is 3.24. The minimum atomic E-state index is -0.428. The minimum absolute atomic E-state index is 0.0985. The van der Waals surface area contributed by atoms with Gasteiger partial charge in [0.15, 0.2) is 11.5 Å². The zero-order chi connectivity index (χ0) is 16.9. The fraction of sp³-hybridized carbons (Fsp3) is 0.176. The first kappa shape index (κ1) is 15.7. The molecule has 0 radical (unpaired) electrons. The maximum Gasteiger partial charge on any atom is 0.286 e. The zero-order valence-electron chi connectivity index (χ0n) is 13.1. The first-order valence-corrected chi connectivity index (χ1v) is 7.52. The van der Waals surface area contributed by atoms with Crippen LogP contribution in [0.3, 0.4) is 0 Å². The van der Waals surface area contributed by atoms with E-state index < -0.39 is 11.8 Å². The van der Waals surface area contributed by atoms with Gasteiger partial charge in [0.05, 0.1) is 12.2 Å². The number of ether oxygens (including phenoxy) is 2. The molecule has 124 valence electrons. The molecule has 2 amide bonds. The van der Waals surface area contributed by atoms with Crippen LogP contribution in [0.15, 0.2) is 42.1 Å². The molecule has 0 atom stereocenters. The number of fused-ring (bicyclic) bond motifs is 1. The summed E-state index contributed by atoms with van der Waals surface area (Å²) in [6.45, 7) is 2.52. The van der Waals surface area contributed by atoms with Crippen molar-refractivity contribution in [3.8, 4) is 11.5 Å². The average molecular weight is 327 g/mol. The lowest BCUT2D eigenvalue weighted by atomic mass is 10.1. The number of hydrogen-bond donors (Lipinski definition) is 3. The molecule has 3 rings (SSSR count). The lowest BCUT2D eigenvalue weighted by Crippen LogP contribution is -2.43. The second-order valence-corrected chi connectivity index (χ2v) is 5.06. The highest BCUT2D eigenvalue weighted by Crippen LogP contribution is 2.35. The van der Waals surface area contributed by atoms with Gasteiger partial charge in [0.25, 0.3) is 11.8 Å². The van der Waals surface area contributed by atoms with Crippen molar-refractivity contribution in [3.63, 3.8) is 0 Å². The molecule has 2 heterocycles. The van der Waals surface area contributed by atoms with Crippen LogP contribution in [0.25, 0.3) is 6.08 Å². The van der Waals surface area contributed by atoms with Gasteiger partial charge in [0.2, 0.25) is 0 Å². The van der Waals surface area contributed by atoms with Crippen molar-refractivity contribution in [3.05, 3.63) is 53.4 Å². The number of carbonyl (C=O) groups is 2. The molecule has 0 saturated carbocycles. The van der Waals surface area contributed by atoms with E-state index in [1.54, 1.807) is 24.4 Å². The van der Waals surface area contributed by atoms with E-state index in [-0.39, 0.29) is 6.61 Å². The minimum Gasteiger partial charge on any atom is -0.490 e. The molecule has 1 aliphatic rings. The molecular weight excluding hydrogens is 310 g/mol. The number of aromatic nitrogens is 1. The average Bonchev–Trinajstić information content (AvgIpc) is 3.14. The maximum atomic E-state index is 12.2. The third-order valence-corrected chi connectivity index (χ3v) is 3.43. The van der Waals surface area contributed by atoms with Gasteiger partial charge in [-0.3, -0.25) is 20.4 Å². The number of rotatable bonds is 4. The van der Waals surface area contributed by atoms with Gasteiger partial charge in [0, 0.05) is 11.8 Å². The molecule has 0 aliphatic carbocycles. The normalized spacial score (nSPS) is 12.5. The van der Waals surface area contributed by atoms with Gasteiger partial charge in [0.1, 0.15) is 12.3 Å². The first-order chi connectivity index (χ1) is 11.7. The molecule has 7 heteroatoms. The van der Waals surface area contributed by atoms with Crippen molar-refractivity contribution in [1.82, 2.24) is 15.8 Å². The molecule has 0 spiro atoms. The first-order valence-electron chi connectivity index (χ1n) is 7.52. The van der Waals surface area contributed by atoms with Gasteiger partial charge in [-0.2, -0.15) is 0 Å². The topological polar surface area (TPSA) is 92.4 Å². The van der Waals surface area contributed by atoms with E-state index in [2.05, 4.69) is 15.8 Å². The summed E-state index contributed by atoms with van der Waals surface area (Å²) in [5.41, 5.74) is 6.24. The molecule has 1 aromatic carbocycles. The molecule has 0 fully saturated rings. The molecule has 3 N–H and O–H groups in total. The van der Waals surface area contributed by atoms with Crippen LogP contribution in [0, 0.1) is 0 Å². The highest BCUT2D eigenvalue weighted by atomic mass is 16.5. The van der Waals surface area contributed by atoms with Gasteiger partial charge >= 0.3 is 0 Å². The van der Waals surface area contributed by atoms with E-state index in [1.165, 1.54) is 0 Å². The third-order valence-electron chi connectivity index (χ3n) is 3.43. The summed E-state index contributed by atoms with van der Waals surface area (Å²) < 4.78 is 11.2. The number of carbonyl (C=O) groups excluding carboxylic acids is 2. The zero-order valence-corrected chi connectivity index (χ0v) is 13.1. The van der Waals surface area contributed by atoms with E-state index in [1.807, 2.05) is 25.1 Å². The Balaban J connectivity index is 1.68. The molecule has 0 saturated heterocycles. The molecule has 1 aliphatic heterocycles. The smallest absolute Gasteiger partial charge is 0.286 e. The molecular formula is C17H17N3O4. The van der Waals surface area contributed by atoms with Gasteiger partial charge in [-0.05, 0) is 31.2 Å². The van der Waals surface area contributed by atoms with Crippen LogP contribution in [0.4, 0.5) is 0 Å². The summed E-state index contributed by atoms with van der Waals surface area (Å²) in [5, 5.41) is 0. The van der Waals surface area contributed by atoms with Crippen LogP contribution in [0.5, 0.6) is 11.5 Å². The highest BCUT2D eigenvalue weighted by Gasteiger charge is 2.20. The molecule has 2 aromatic rings. The molecule has 0 unspecified atom stereocenters. The van der Waals surface area contributed by atoms with E-state index in [4.69, 9.17) is 9.47 Å². The fourth-order valence-corrected chi connectivity index (χ4v) is 2.31. The Kier molecular flexibility index (Phi) is 4.51. The summed E-state index contributed by atoms with van der Waals surface area (Å²) in [5.74, 6) is 0.407. The number of para-hydroxylation sites is 1. The number of H-pyrrole nitrogens is 1. The van der Waals surface area contributed by atoms with Crippen LogP contribution >= 0.6 is 0 Å². The van der Waals surface area contributed by atoms with Gasteiger partial charge < -0.3 is 14.5 Å². The number of hydrazine groups is 1. The monoisotopic (exact) mass is 327 g/mol. The van der Waals surface area contributed by atoms with E-state index in [9.17, 15) is 9.59 Å². The predicted octanol–water partition coefficient (Wildman–Crippen LogP) is 1.65. The van der Waals surface area contributed by atoms with E-state index in [0.717, 1.165) is 5.56 Å². The lowest BCUT2D eigenvalue weighted by molar-refractivity contribution is -0.118. The standard InChI is InChI=1S/C17H17N3O4/c1-2-23-14-7-3-5-11-9-12(10-24-15(11)14)16(21)19-20-17(22)13-6-4-8-18-13/h3-9,18H,2,10H2,1H3,(H,19,21)(H,20,22). The Morgan fingerprint density at radius 3 is 2.79 bits per heavy atom. The fourth-order valence-electron chi connectivity index (χ4n) is 2.31. The summed E-state index contributed by atoms with van der Waals surface area (Å²) in [6.07, 6.45) is 3.35. The number of nitrogens with one attached hydrogen (secondary N) is 3. The van der Waals surface area contributed by atoms with Crippen LogP contribution in [-0.2, 0) is 4.79 Å². The maximum absolute atomic E-state index is 12.2. The highest BCUT2D eigenvalue weighted by molar-refractivity contribution is 6.01. The van der Waals surface area contributed by atoms with Gasteiger partial charge in [-0.15, -0.1) is 0 Å². The number of hydrogen-bond acceptors (Lipinski definition) is 4. The Morgan fingerprint density at radius 2 is 2.04 bits per heavy atom. The molecule has 0 bridgehead atoms. The van der Waals surface area contributed by atoms with Crippen molar-refractivity contribution in [1.29, 1.82) is 0 Å². The second kappa shape index (κ2) is 6.91. The van der Waals surface area contributed by atoms with Crippen molar-refractivity contribution in [2.45, 2.75) is 6.92 Å². The number of aromatic amines is 1. The quantitative estimate of drug-likeness (QED) is 0.745. The second-order valence-electron chi connectivity index (χ2n) is 5.06. The number of benzene rings is 1. The van der Waals surface area contributed by atoms with Crippen molar-refractivity contribution in [2.24, 2.45) is 0 Å². The molecule has 1 aromatic heterocycles. The number of amides is 2. The Bertz CT molecular complexity index is 781. The van der Waals surface area contributed by atoms with Crippen molar-refractivity contribution in [2.75, 3.05) is 13.2 Å². The lowest BCUT2D eigenvalue weighted by Gasteiger charge is -2.20. The Morgan fingerprint density at radius 1 is 1.21 bits per heavy atom. The largest absolute Gasteiger partial charge is 0.490 e. The summed E-state index contributed by atoms with van der Waals surface area (Å²) in [4.78, 5) is 26.7. The summed E-state index contributed by atoms with van der Waals surface area (Å²) >= 11 is 0. The molecule has 7 nitrogen and oxygen atoms in total. The van der Waals surface area contributed by atoms with E-state index >= 15 is 0 Å². The SMILES string of the molecule is CCOc1cccc2c1OCC(C(=O)NNC(=O)c1ccc[nH]1)=C2. The predicted molar refractivity (Wildman–Crippen MR) is 87.5 cm³/mol. The van der Waals surface area contributed by atoms with Gasteiger partial charge in [-0.1, -0.05) is 12.1 Å². The van der Waals surface area contributed by atoms with Crippen LogP contribution in [-0.4, -0.2) is 30.0 Å². The Hall–Kier alpha value is -3.22. The summed E-state index contributed by atoms with van der Waals surface area (Å²) in [7, 11) is 0. The van der Waals surface area contributed by atoms with E-state index in [0.29, 0.717) is 29.4 Å². The van der Waals surface area contributed by atoms with Crippen LogP contribution in [0.1, 0.15) is 23.0 Å². The van der Waals surface area contributed by atoms with Crippen LogP contribution in [0.2, 0.25) is 0 Å². The summed E-state index contributed by atoms with van der Waals surface area (Å²) in [6, 6.07) is 8.79. The van der Waals surface area contributed by atoms with Crippen molar-refractivity contribution >= 4 is 17.9 Å². The van der Waals surface area contributed by atoms with Gasteiger partial charge in [-0.25, -0.2) is 0 Å².